The van der Waals surface area contributed by atoms with E-state index in [0.717, 1.165) is 0 Å². The SMILES string of the molecule is [Sn][N]1CCCCC1. The maximum absolute atomic E-state index is 2.48. The molecule has 0 atom stereocenters. The molecular weight excluding hydrogens is 193 g/mol. The molecule has 2 heteroatoms. The van der Waals surface area contributed by atoms with Crippen molar-refractivity contribution in [3.8, 4) is 0 Å². The molecule has 3 radical (unpaired) electrons. The first-order chi connectivity index (χ1) is 3.39. The van der Waals surface area contributed by atoms with Crippen LogP contribution in [-0.2, 0) is 0 Å². The molecule has 0 aromatic heterocycles. The Bertz CT molecular complexity index is 50.0. The normalized spacial score (nSPS) is 25.3. The first-order valence-electron chi connectivity index (χ1n) is 2.86. The standard InChI is InChI=1S/C5H10N.Sn/c1-2-4-6-5-3-1;/h1-5H2;/q-1;+1. The van der Waals surface area contributed by atoms with Crippen LogP contribution < -0.4 is 0 Å². The van der Waals surface area contributed by atoms with E-state index in [9.17, 15) is 0 Å². The molecule has 0 bridgehead atoms. The second-order valence-electron chi connectivity index (χ2n) is 2.05. The fourth-order valence-corrected chi connectivity index (χ4v) is 1.80. The zero-order valence-electron chi connectivity index (χ0n) is 4.48. The molecule has 0 unspecified atom stereocenters. The van der Waals surface area contributed by atoms with Gasteiger partial charge in [0.15, 0.2) is 0 Å². The summed E-state index contributed by atoms with van der Waals surface area (Å²) >= 11 is 1.60. The summed E-state index contributed by atoms with van der Waals surface area (Å²) in [4.78, 5) is 0. The van der Waals surface area contributed by atoms with Crippen LogP contribution in [0.4, 0.5) is 0 Å². The maximum atomic E-state index is 2.48. The van der Waals surface area contributed by atoms with Crippen molar-refractivity contribution < 1.29 is 0 Å². The van der Waals surface area contributed by atoms with Gasteiger partial charge in [-0.3, -0.25) is 0 Å². The predicted molar refractivity (Wildman–Crippen MR) is 31.2 cm³/mol. The molecule has 39 valence electrons. The zero-order chi connectivity index (χ0) is 5.11. The van der Waals surface area contributed by atoms with Crippen LogP contribution in [0.1, 0.15) is 19.3 Å². The number of hydrogen-bond donors (Lipinski definition) is 0. The van der Waals surface area contributed by atoms with E-state index in [2.05, 4.69) is 3.12 Å². The van der Waals surface area contributed by atoms with Gasteiger partial charge in [0.25, 0.3) is 0 Å². The second kappa shape index (κ2) is 2.92. The van der Waals surface area contributed by atoms with Gasteiger partial charge in [-0.25, -0.2) is 0 Å². The van der Waals surface area contributed by atoms with Crippen LogP contribution in [0.25, 0.3) is 0 Å². The van der Waals surface area contributed by atoms with Crippen molar-refractivity contribution in [1.82, 2.24) is 3.12 Å². The van der Waals surface area contributed by atoms with Crippen LogP contribution in [0.5, 0.6) is 0 Å². The van der Waals surface area contributed by atoms with Crippen molar-refractivity contribution in [2.24, 2.45) is 0 Å². The predicted octanol–water partition coefficient (Wildman–Crippen LogP) is 0.556. The quantitative estimate of drug-likeness (QED) is 0.519. The van der Waals surface area contributed by atoms with E-state index < -0.39 is 0 Å². The Kier molecular flexibility index (Phi) is 2.46. The van der Waals surface area contributed by atoms with Gasteiger partial charge >= 0.3 is 58.3 Å². The molecule has 1 nitrogen and oxygen atoms in total. The van der Waals surface area contributed by atoms with Gasteiger partial charge in [0, 0.05) is 0 Å². The van der Waals surface area contributed by atoms with E-state index >= 15 is 0 Å². The van der Waals surface area contributed by atoms with Gasteiger partial charge in [-0.1, -0.05) is 0 Å². The van der Waals surface area contributed by atoms with Crippen LogP contribution in [0.3, 0.4) is 0 Å². The van der Waals surface area contributed by atoms with Crippen LogP contribution >= 0.6 is 0 Å². The Morgan fingerprint density at radius 3 is 1.86 bits per heavy atom. The summed E-state index contributed by atoms with van der Waals surface area (Å²) in [6.07, 6.45) is 4.33. The molecule has 1 fully saturated rings. The van der Waals surface area contributed by atoms with Crippen LogP contribution in [0.15, 0.2) is 0 Å². The van der Waals surface area contributed by atoms with E-state index in [1.807, 2.05) is 0 Å². The molecule has 0 aromatic rings. The molecule has 1 aliphatic heterocycles. The van der Waals surface area contributed by atoms with Crippen molar-refractivity contribution in [1.29, 1.82) is 0 Å². The molecule has 1 saturated heterocycles. The van der Waals surface area contributed by atoms with Crippen LogP contribution in [-0.4, -0.2) is 39.0 Å². The fraction of sp³-hybridized carbons (Fsp3) is 1.00. The molecule has 0 amide bonds. The van der Waals surface area contributed by atoms with Gasteiger partial charge in [-0.15, -0.1) is 0 Å². The van der Waals surface area contributed by atoms with E-state index in [0.29, 0.717) is 0 Å². The summed E-state index contributed by atoms with van der Waals surface area (Å²) < 4.78 is 2.48. The summed E-state index contributed by atoms with van der Waals surface area (Å²) in [5, 5.41) is 0. The molecule has 1 heterocycles. The van der Waals surface area contributed by atoms with E-state index in [-0.39, 0.29) is 0 Å². The molecule has 0 spiro atoms. The third-order valence-corrected chi connectivity index (χ3v) is 2.63. The van der Waals surface area contributed by atoms with Crippen LogP contribution in [0, 0.1) is 0 Å². The molecular formula is C5H10NSn. The van der Waals surface area contributed by atoms with Gasteiger partial charge in [-0.2, -0.15) is 0 Å². The van der Waals surface area contributed by atoms with Crippen molar-refractivity contribution >= 4 is 22.8 Å². The summed E-state index contributed by atoms with van der Waals surface area (Å²) in [6.45, 7) is 2.72. The zero-order valence-corrected chi connectivity index (χ0v) is 7.34. The minimum atomic E-state index is 1.36. The average molecular weight is 203 g/mol. The third kappa shape index (κ3) is 2.00. The van der Waals surface area contributed by atoms with E-state index in [4.69, 9.17) is 0 Å². The van der Waals surface area contributed by atoms with E-state index in [1.54, 1.807) is 22.8 Å². The fourth-order valence-electron chi connectivity index (χ4n) is 0.894. The second-order valence-corrected chi connectivity index (χ2v) is 3.85. The van der Waals surface area contributed by atoms with Gasteiger partial charge in [-0.05, 0) is 0 Å². The first kappa shape index (κ1) is 5.89. The molecule has 0 N–H and O–H groups in total. The molecule has 1 aliphatic rings. The van der Waals surface area contributed by atoms with Crippen molar-refractivity contribution in [2.75, 3.05) is 13.1 Å². The number of piperidine rings is 1. The van der Waals surface area contributed by atoms with Crippen LogP contribution in [0.2, 0.25) is 0 Å². The summed E-state index contributed by atoms with van der Waals surface area (Å²) in [5.74, 6) is 0. The summed E-state index contributed by atoms with van der Waals surface area (Å²) in [7, 11) is 0. The summed E-state index contributed by atoms with van der Waals surface area (Å²) in [6, 6.07) is 0. The molecule has 0 aromatic carbocycles. The Morgan fingerprint density at radius 2 is 1.57 bits per heavy atom. The van der Waals surface area contributed by atoms with Crippen molar-refractivity contribution in [3.63, 3.8) is 0 Å². The molecule has 0 saturated carbocycles. The molecule has 7 heavy (non-hydrogen) atoms. The first-order valence-corrected chi connectivity index (χ1v) is 4.13. The van der Waals surface area contributed by atoms with Crippen molar-refractivity contribution in [2.45, 2.75) is 19.3 Å². The Labute approximate surface area is 58.5 Å². The molecule has 1 rings (SSSR count). The molecule has 0 aliphatic carbocycles. The number of nitrogens with zero attached hydrogens (tertiary/aromatic N) is 1. The van der Waals surface area contributed by atoms with Gasteiger partial charge in [0.1, 0.15) is 0 Å². The average Bonchev–Trinajstić information content (AvgIpc) is 1.69. The Balaban J connectivity index is 2.12. The van der Waals surface area contributed by atoms with Crippen molar-refractivity contribution in [3.05, 3.63) is 0 Å². The third-order valence-electron chi connectivity index (χ3n) is 1.36. The van der Waals surface area contributed by atoms with Gasteiger partial charge in [0.2, 0.25) is 0 Å². The topological polar surface area (TPSA) is 3.24 Å². The minimum absolute atomic E-state index is 1.36. The van der Waals surface area contributed by atoms with Gasteiger partial charge in [0.05, 0.1) is 0 Å². The summed E-state index contributed by atoms with van der Waals surface area (Å²) in [5.41, 5.74) is 0. The number of hydrogen-bond acceptors (Lipinski definition) is 1. The number of rotatable bonds is 0. The Morgan fingerprint density at radius 1 is 1.00 bits per heavy atom. The van der Waals surface area contributed by atoms with Gasteiger partial charge < -0.3 is 0 Å². The van der Waals surface area contributed by atoms with E-state index in [1.165, 1.54) is 32.4 Å². The Hall–Kier alpha value is 0.759. The monoisotopic (exact) mass is 204 g/mol.